The molecule has 8 heteroatoms. The molecule has 0 saturated carbocycles. The number of fused-ring (bicyclic) bond motifs is 1. The summed E-state index contributed by atoms with van der Waals surface area (Å²) in [5, 5.41) is 4.63. The van der Waals surface area contributed by atoms with Gasteiger partial charge >= 0.3 is 7.82 Å². The second kappa shape index (κ2) is 9.20. The summed E-state index contributed by atoms with van der Waals surface area (Å²) in [6.45, 7) is -0.310. The molecule has 1 atom stereocenters. The number of methoxy groups -OCH3 is 1. The van der Waals surface area contributed by atoms with Crippen molar-refractivity contribution in [1.82, 2.24) is 5.32 Å². The smallest absolute Gasteiger partial charge is 0.469 e. The van der Waals surface area contributed by atoms with E-state index in [2.05, 4.69) is 9.84 Å². The third kappa shape index (κ3) is 6.14. The first-order valence-corrected chi connectivity index (χ1v) is 10.5. The molecular formula is C21H22NO6P. The third-order valence-electron chi connectivity index (χ3n) is 4.41. The summed E-state index contributed by atoms with van der Waals surface area (Å²) in [5.41, 5.74) is 1.36. The van der Waals surface area contributed by atoms with Gasteiger partial charge in [0.05, 0.1) is 19.8 Å². The largest absolute Gasteiger partial charge is 0.497 e. The minimum atomic E-state index is -4.64. The van der Waals surface area contributed by atoms with E-state index >= 15 is 0 Å². The van der Waals surface area contributed by atoms with Gasteiger partial charge in [-0.3, -0.25) is 9.32 Å². The van der Waals surface area contributed by atoms with Gasteiger partial charge in [0, 0.05) is 5.56 Å². The highest BCUT2D eigenvalue weighted by atomic mass is 31.2. The lowest BCUT2D eigenvalue weighted by atomic mass is 10.0. The number of amides is 1. The Bertz CT molecular complexity index is 1030. The summed E-state index contributed by atoms with van der Waals surface area (Å²) >= 11 is 0. The van der Waals surface area contributed by atoms with Crippen LogP contribution in [0.2, 0.25) is 0 Å². The van der Waals surface area contributed by atoms with Crippen LogP contribution in [0.3, 0.4) is 0 Å². The van der Waals surface area contributed by atoms with Crippen molar-refractivity contribution in [3.05, 3.63) is 77.9 Å². The molecule has 0 aliphatic heterocycles. The summed E-state index contributed by atoms with van der Waals surface area (Å²) < 4.78 is 20.9. The van der Waals surface area contributed by atoms with Gasteiger partial charge in [0.1, 0.15) is 5.75 Å². The highest BCUT2D eigenvalue weighted by Crippen LogP contribution is 2.35. The number of benzene rings is 3. The summed E-state index contributed by atoms with van der Waals surface area (Å²) in [4.78, 5) is 30.8. The van der Waals surface area contributed by atoms with Crippen LogP contribution in [-0.2, 0) is 15.5 Å². The second-order valence-corrected chi connectivity index (χ2v) is 7.81. The van der Waals surface area contributed by atoms with Gasteiger partial charge in [0.15, 0.2) is 0 Å². The molecule has 29 heavy (non-hydrogen) atoms. The Morgan fingerprint density at radius 2 is 1.72 bits per heavy atom. The van der Waals surface area contributed by atoms with Crippen LogP contribution in [0.5, 0.6) is 5.75 Å². The first-order chi connectivity index (χ1) is 13.8. The van der Waals surface area contributed by atoms with Gasteiger partial charge < -0.3 is 19.8 Å². The molecule has 3 rings (SSSR count). The standard InChI is InChI=1S/C21H22NO6P/c1-27-20-10-9-16-12-18(8-7-17(16)13-20)21(23)22-19(14-28-29(24,25)26)11-15-5-3-2-4-6-15/h2-10,12-13,19H,11,14H2,1H3,(H,22,23)(H2,24,25,26). The molecule has 0 bridgehead atoms. The molecule has 152 valence electrons. The number of phosphoric acid groups is 1. The fourth-order valence-electron chi connectivity index (χ4n) is 3.00. The molecule has 0 radical (unpaired) electrons. The first-order valence-electron chi connectivity index (χ1n) is 8.97. The average molecular weight is 415 g/mol. The van der Waals surface area contributed by atoms with Crippen molar-refractivity contribution >= 4 is 24.5 Å². The molecule has 3 aromatic carbocycles. The zero-order chi connectivity index (χ0) is 20.9. The van der Waals surface area contributed by atoms with Crippen LogP contribution in [0, 0.1) is 0 Å². The molecular weight excluding hydrogens is 393 g/mol. The molecule has 0 fully saturated rings. The maximum Gasteiger partial charge on any atom is 0.469 e. The van der Waals surface area contributed by atoms with Gasteiger partial charge in [-0.15, -0.1) is 0 Å². The quantitative estimate of drug-likeness (QED) is 0.488. The van der Waals surface area contributed by atoms with Crippen LogP contribution in [0.4, 0.5) is 0 Å². The Hall–Kier alpha value is -2.70. The summed E-state index contributed by atoms with van der Waals surface area (Å²) in [5.74, 6) is 0.380. The predicted molar refractivity (Wildman–Crippen MR) is 110 cm³/mol. The minimum absolute atomic E-state index is 0.310. The van der Waals surface area contributed by atoms with Crippen LogP contribution in [0.25, 0.3) is 10.8 Å². The van der Waals surface area contributed by atoms with Gasteiger partial charge in [-0.25, -0.2) is 4.57 Å². The Morgan fingerprint density at radius 1 is 1.03 bits per heavy atom. The number of rotatable bonds is 8. The maximum absolute atomic E-state index is 12.8. The van der Waals surface area contributed by atoms with Gasteiger partial charge in [0.2, 0.25) is 0 Å². The molecule has 0 saturated heterocycles. The number of carbonyl (C=O) groups excluding carboxylic acids is 1. The fraction of sp³-hybridized carbons (Fsp3) is 0.190. The van der Waals surface area contributed by atoms with Crippen LogP contribution >= 0.6 is 7.82 Å². The molecule has 7 nitrogen and oxygen atoms in total. The lowest BCUT2D eigenvalue weighted by molar-refractivity contribution is 0.0909. The van der Waals surface area contributed by atoms with E-state index in [-0.39, 0.29) is 12.5 Å². The predicted octanol–water partition coefficient (Wildman–Crippen LogP) is 3.30. The zero-order valence-corrected chi connectivity index (χ0v) is 16.7. The van der Waals surface area contributed by atoms with Gasteiger partial charge in [-0.2, -0.15) is 0 Å². The van der Waals surface area contributed by atoms with Crippen molar-refractivity contribution in [2.24, 2.45) is 0 Å². The number of nitrogens with one attached hydrogen (secondary N) is 1. The van der Waals surface area contributed by atoms with Gasteiger partial charge in [-0.05, 0) is 47.0 Å². The third-order valence-corrected chi connectivity index (χ3v) is 4.90. The Morgan fingerprint density at radius 3 is 2.41 bits per heavy atom. The van der Waals surface area contributed by atoms with Crippen molar-refractivity contribution in [3.63, 3.8) is 0 Å². The lowest BCUT2D eigenvalue weighted by Crippen LogP contribution is -2.39. The highest BCUT2D eigenvalue weighted by Gasteiger charge is 2.21. The van der Waals surface area contributed by atoms with Crippen molar-refractivity contribution in [2.45, 2.75) is 12.5 Å². The molecule has 0 heterocycles. The van der Waals surface area contributed by atoms with E-state index in [1.54, 1.807) is 19.2 Å². The average Bonchev–Trinajstić information content (AvgIpc) is 2.71. The van der Waals surface area contributed by atoms with Crippen LogP contribution in [0.15, 0.2) is 66.7 Å². The van der Waals surface area contributed by atoms with Crippen molar-refractivity contribution in [3.8, 4) is 5.75 Å². The molecule has 0 aliphatic rings. The second-order valence-electron chi connectivity index (χ2n) is 6.57. The first kappa shape index (κ1) is 21.0. The van der Waals surface area contributed by atoms with Crippen LogP contribution in [0.1, 0.15) is 15.9 Å². The number of carbonyl (C=O) groups is 1. The lowest BCUT2D eigenvalue weighted by Gasteiger charge is -2.19. The monoisotopic (exact) mass is 415 g/mol. The summed E-state index contributed by atoms with van der Waals surface area (Å²) in [6.07, 6.45) is 0.372. The summed E-state index contributed by atoms with van der Waals surface area (Å²) in [7, 11) is -3.05. The van der Waals surface area contributed by atoms with E-state index in [0.717, 1.165) is 22.1 Å². The van der Waals surface area contributed by atoms with Crippen LogP contribution in [-0.4, -0.2) is 35.5 Å². The molecule has 0 aromatic heterocycles. The summed E-state index contributed by atoms with van der Waals surface area (Å²) in [6, 6.07) is 19.6. The minimum Gasteiger partial charge on any atom is -0.497 e. The molecule has 1 amide bonds. The Kier molecular flexibility index (Phi) is 6.67. The topological polar surface area (TPSA) is 105 Å². The molecule has 0 aliphatic carbocycles. The van der Waals surface area contributed by atoms with E-state index in [0.29, 0.717) is 12.0 Å². The normalized spacial score (nSPS) is 12.5. The Labute approximate surface area is 168 Å². The molecule has 1 unspecified atom stereocenters. The number of hydrogen-bond acceptors (Lipinski definition) is 4. The van der Waals surface area contributed by atoms with E-state index in [4.69, 9.17) is 14.5 Å². The zero-order valence-electron chi connectivity index (χ0n) is 15.8. The van der Waals surface area contributed by atoms with E-state index in [1.165, 1.54) is 0 Å². The van der Waals surface area contributed by atoms with Gasteiger partial charge in [-0.1, -0.05) is 42.5 Å². The van der Waals surface area contributed by atoms with E-state index in [1.807, 2.05) is 54.6 Å². The van der Waals surface area contributed by atoms with Crippen molar-refractivity contribution in [1.29, 1.82) is 0 Å². The fourth-order valence-corrected chi connectivity index (χ4v) is 3.37. The van der Waals surface area contributed by atoms with E-state index < -0.39 is 13.9 Å². The van der Waals surface area contributed by atoms with Gasteiger partial charge in [0.25, 0.3) is 5.91 Å². The van der Waals surface area contributed by atoms with Crippen LogP contribution < -0.4 is 10.1 Å². The van der Waals surface area contributed by atoms with Crippen molar-refractivity contribution in [2.75, 3.05) is 13.7 Å². The SMILES string of the molecule is COc1ccc2cc(C(=O)NC(COP(=O)(O)O)Cc3ccccc3)ccc2c1. The molecule has 3 aromatic rings. The number of ether oxygens (including phenoxy) is 1. The van der Waals surface area contributed by atoms with Crippen molar-refractivity contribution < 1.29 is 28.4 Å². The number of hydrogen-bond donors (Lipinski definition) is 3. The molecule has 0 spiro atoms. The maximum atomic E-state index is 12.8. The van der Waals surface area contributed by atoms with E-state index in [9.17, 15) is 9.36 Å². The highest BCUT2D eigenvalue weighted by molar-refractivity contribution is 7.46. The Balaban J connectivity index is 1.77. The molecule has 3 N–H and O–H groups in total. The number of phosphoric ester groups is 1.